The van der Waals surface area contributed by atoms with Crippen LogP contribution in [0.4, 0.5) is 5.82 Å². The highest BCUT2D eigenvalue weighted by Gasteiger charge is 2.18. The van der Waals surface area contributed by atoms with Gasteiger partial charge in [-0.2, -0.15) is 0 Å². The number of piperidine rings is 1. The highest BCUT2D eigenvalue weighted by molar-refractivity contribution is 6.16. The molecule has 3 nitrogen and oxygen atoms in total. The summed E-state index contributed by atoms with van der Waals surface area (Å²) in [5.74, 6) is 2.30. The average molecular weight is 268 g/mol. The van der Waals surface area contributed by atoms with Gasteiger partial charge in [0.1, 0.15) is 5.82 Å². The summed E-state index contributed by atoms with van der Waals surface area (Å²) < 4.78 is 0. The number of likely N-dealkylation sites (tertiary alicyclic amines) is 1. The van der Waals surface area contributed by atoms with Crippen molar-refractivity contribution in [3.8, 4) is 0 Å². The molecule has 0 spiro atoms. The van der Waals surface area contributed by atoms with Crippen molar-refractivity contribution in [2.24, 2.45) is 5.92 Å². The largest absolute Gasteiger partial charge is 0.359 e. The highest BCUT2D eigenvalue weighted by Crippen LogP contribution is 2.19. The van der Waals surface area contributed by atoms with Crippen molar-refractivity contribution in [1.82, 2.24) is 9.88 Å². The fourth-order valence-electron chi connectivity index (χ4n) is 2.48. The third-order valence-corrected chi connectivity index (χ3v) is 3.96. The fraction of sp³-hybridized carbons (Fsp3) is 0.643. The summed E-state index contributed by atoms with van der Waals surface area (Å²) in [5.41, 5.74) is 0.949. The Labute approximate surface area is 115 Å². The summed E-state index contributed by atoms with van der Waals surface area (Å²) in [6.07, 6.45) is 2.58. The number of nitrogens with zero attached hydrogens (tertiary/aromatic N) is 3. The van der Waals surface area contributed by atoms with E-state index in [1.165, 1.54) is 25.9 Å². The average Bonchev–Trinajstić information content (AvgIpc) is 2.41. The topological polar surface area (TPSA) is 19.4 Å². The van der Waals surface area contributed by atoms with Gasteiger partial charge in [-0.15, -0.1) is 11.6 Å². The van der Waals surface area contributed by atoms with E-state index < -0.39 is 0 Å². The van der Waals surface area contributed by atoms with E-state index in [9.17, 15) is 0 Å². The summed E-state index contributed by atoms with van der Waals surface area (Å²) in [7, 11) is 4.32. The SMILES string of the molecule is CN1CCC(CN(C)c2cccc(CCl)n2)CC1. The van der Waals surface area contributed by atoms with Gasteiger partial charge >= 0.3 is 0 Å². The number of alkyl halides is 1. The van der Waals surface area contributed by atoms with Crippen LogP contribution in [0.3, 0.4) is 0 Å². The smallest absolute Gasteiger partial charge is 0.128 e. The molecule has 2 rings (SSSR count). The van der Waals surface area contributed by atoms with Gasteiger partial charge in [0, 0.05) is 13.6 Å². The van der Waals surface area contributed by atoms with Crippen LogP contribution in [-0.2, 0) is 5.88 Å². The number of hydrogen-bond donors (Lipinski definition) is 0. The molecule has 18 heavy (non-hydrogen) atoms. The molecule has 0 radical (unpaired) electrons. The molecule has 0 N–H and O–H groups in total. The molecule has 0 aromatic carbocycles. The Hall–Kier alpha value is -0.800. The molecule has 0 unspecified atom stereocenters. The van der Waals surface area contributed by atoms with Gasteiger partial charge in [0.25, 0.3) is 0 Å². The van der Waals surface area contributed by atoms with E-state index in [2.05, 4.69) is 34.9 Å². The molecule has 1 aromatic rings. The monoisotopic (exact) mass is 267 g/mol. The second-order valence-corrected chi connectivity index (χ2v) is 5.52. The van der Waals surface area contributed by atoms with Crippen molar-refractivity contribution in [2.75, 3.05) is 38.6 Å². The third kappa shape index (κ3) is 3.59. The minimum Gasteiger partial charge on any atom is -0.359 e. The van der Waals surface area contributed by atoms with Crippen LogP contribution >= 0.6 is 11.6 Å². The van der Waals surface area contributed by atoms with Crippen molar-refractivity contribution < 1.29 is 0 Å². The quantitative estimate of drug-likeness (QED) is 0.782. The number of halogens is 1. The lowest BCUT2D eigenvalue weighted by molar-refractivity contribution is 0.222. The van der Waals surface area contributed by atoms with Crippen LogP contribution < -0.4 is 4.90 Å². The fourth-order valence-corrected chi connectivity index (χ4v) is 2.63. The van der Waals surface area contributed by atoms with Gasteiger partial charge in [-0.05, 0) is 51.0 Å². The normalized spacial score (nSPS) is 17.9. The van der Waals surface area contributed by atoms with Crippen LogP contribution in [0.25, 0.3) is 0 Å². The number of pyridine rings is 1. The number of hydrogen-bond acceptors (Lipinski definition) is 3. The molecule has 1 aromatic heterocycles. The predicted octanol–water partition coefficient (Wildman–Crippen LogP) is 2.60. The predicted molar refractivity (Wildman–Crippen MR) is 77.3 cm³/mol. The summed E-state index contributed by atoms with van der Waals surface area (Å²) in [4.78, 5) is 9.22. The molecule has 1 fully saturated rings. The first-order valence-corrected chi connectivity index (χ1v) is 7.14. The van der Waals surface area contributed by atoms with Gasteiger partial charge in [0.15, 0.2) is 0 Å². The zero-order chi connectivity index (χ0) is 13.0. The first kappa shape index (κ1) is 13.6. The van der Waals surface area contributed by atoms with Crippen LogP contribution in [0.1, 0.15) is 18.5 Å². The Morgan fingerprint density at radius 1 is 1.39 bits per heavy atom. The van der Waals surface area contributed by atoms with Gasteiger partial charge in [0.05, 0.1) is 11.6 Å². The Balaban J connectivity index is 1.92. The summed E-state index contributed by atoms with van der Waals surface area (Å²) in [5, 5.41) is 0. The maximum Gasteiger partial charge on any atom is 0.128 e. The van der Waals surface area contributed by atoms with E-state index in [4.69, 9.17) is 11.6 Å². The number of aromatic nitrogens is 1. The van der Waals surface area contributed by atoms with Crippen molar-refractivity contribution in [1.29, 1.82) is 0 Å². The lowest BCUT2D eigenvalue weighted by Gasteiger charge is -2.32. The van der Waals surface area contributed by atoms with Gasteiger partial charge in [-0.3, -0.25) is 0 Å². The molecule has 0 aliphatic carbocycles. The second-order valence-electron chi connectivity index (χ2n) is 5.25. The number of rotatable bonds is 4. The van der Waals surface area contributed by atoms with Gasteiger partial charge < -0.3 is 9.80 Å². The maximum atomic E-state index is 5.82. The Morgan fingerprint density at radius 2 is 2.11 bits per heavy atom. The Kier molecular flexibility index (Phi) is 4.84. The van der Waals surface area contributed by atoms with Gasteiger partial charge in [-0.1, -0.05) is 6.07 Å². The lowest BCUT2D eigenvalue weighted by atomic mass is 9.97. The maximum absolute atomic E-state index is 5.82. The molecule has 1 aliphatic rings. The molecular formula is C14H22ClN3. The summed E-state index contributed by atoms with van der Waals surface area (Å²) >= 11 is 5.82. The molecule has 2 heterocycles. The van der Waals surface area contributed by atoms with Gasteiger partial charge in [-0.25, -0.2) is 4.98 Å². The van der Waals surface area contributed by atoms with Crippen molar-refractivity contribution in [2.45, 2.75) is 18.7 Å². The standard InChI is InChI=1S/C14H22ClN3/c1-17-8-6-12(7-9-17)11-18(2)14-5-3-4-13(10-15)16-14/h3-5,12H,6-11H2,1-2H3. The molecule has 0 bridgehead atoms. The Morgan fingerprint density at radius 3 is 2.78 bits per heavy atom. The molecule has 1 saturated heterocycles. The van der Waals surface area contributed by atoms with Crippen LogP contribution in [0.5, 0.6) is 0 Å². The first-order valence-electron chi connectivity index (χ1n) is 6.60. The molecule has 100 valence electrons. The van der Waals surface area contributed by atoms with Crippen molar-refractivity contribution in [3.63, 3.8) is 0 Å². The number of anilines is 1. The Bertz CT molecular complexity index is 375. The first-order chi connectivity index (χ1) is 8.69. The van der Waals surface area contributed by atoms with E-state index in [0.29, 0.717) is 5.88 Å². The van der Waals surface area contributed by atoms with E-state index >= 15 is 0 Å². The molecule has 0 atom stereocenters. The van der Waals surface area contributed by atoms with E-state index in [1.807, 2.05) is 12.1 Å². The third-order valence-electron chi connectivity index (χ3n) is 3.69. The van der Waals surface area contributed by atoms with Crippen LogP contribution in [0.15, 0.2) is 18.2 Å². The van der Waals surface area contributed by atoms with Crippen LogP contribution in [0.2, 0.25) is 0 Å². The molecule has 0 saturated carbocycles. The van der Waals surface area contributed by atoms with Crippen molar-refractivity contribution in [3.05, 3.63) is 23.9 Å². The van der Waals surface area contributed by atoms with Gasteiger partial charge in [0.2, 0.25) is 0 Å². The van der Waals surface area contributed by atoms with Crippen LogP contribution in [0, 0.1) is 5.92 Å². The minimum atomic E-state index is 0.482. The van der Waals surface area contributed by atoms with E-state index in [-0.39, 0.29) is 0 Å². The minimum absolute atomic E-state index is 0.482. The zero-order valence-electron chi connectivity index (χ0n) is 11.3. The van der Waals surface area contributed by atoms with Crippen LogP contribution in [-0.4, -0.2) is 43.6 Å². The van der Waals surface area contributed by atoms with E-state index in [1.54, 1.807) is 0 Å². The second kappa shape index (κ2) is 6.39. The molecule has 1 aliphatic heterocycles. The molecular weight excluding hydrogens is 246 g/mol. The highest BCUT2D eigenvalue weighted by atomic mass is 35.5. The molecule has 0 amide bonds. The molecule has 4 heteroatoms. The van der Waals surface area contributed by atoms with E-state index in [0.717, 1.165) is 24.0 Å². The zero-order valence-corrected chi connectivity index (χ0v) is 12.0. The van der Waals surface area contributed by atoms with Crippen molar-refractivity contribution >= 4 is 17.4 Å². The summed E-state index contributed by atoms with van der Waals surface area (Å²) in [6.45, 7) is 3.52. The summed E-state index contributed by atoms with van der Waals surface area (Å²) in [6, 6.07) is 6.07. The lowest BCUT2D eigenvalue weighted by Crippen LogP contribution is -2.36.